The highest BCUT2D eigenvalue weighted by Crippen LogP contribution is 2.21. The van der Waals surface area contributed by atoms with Crippen molar-refractivity contribution in [1.82, 2.24) is 14.5 Å². The molecule has 33 heavy (non-hydrogen) atoms. The van der Waals surface area contributed by atoms with Crippen molar-refractivity contribution in [2.75, 3.05) is 31.5 Å². The standard InChI is InChI=1S/C23H31ClN4O4S/c1-5-14-25-23(30)18(2)27(16-19-10-9-11-20(24)15-19)22(29)17-28(33(31,32)26(3)4)21-12-7-6-8-13-21/h6-13,15,18H,5,14,16-17H2,1-4H3,(H,25,30)/t18-/m0/s1. The first-order valence-corrected chi connectivity index (χ1v) is 12.4. The Balaban J connectivity index is 2.40. The summed E-state index contributed by atoms with van der Waals surface area (Å²) >= 11 is 6.10. The molecule has 0 spiro atoms. The average Bonchev–Trinajstić information content (AvgIpc) is 2.79. The first-order valence-electron chi connectivity index (χ1n) is 10.6. The molecule has 0 bridgehead atoms. The topological polar surface area (TPSA) is 90.0 Å². The summed E-state index contributed by atoms with van der Waals surface area (Å²) in [6.07, 6.45) is 0.754. The fraction of sp³-hybridized carbons (Fsp3) is 0.391. The van der Waals surface area contributed by atoms with Crippen LogP contribution in [0.5, 0.6) is 0 Å². The third-order valence-corrected chi connectivity index (χ3v) is 7.08. The summed E-state index contributed by atoms with van der Waals surface area (Å²) < 4.78 is 28.1. The second kappa shape index (κ2) is 12.0. The highest BCUT2D eigenvalue weighted by molar-refractivity contribution is 7.90. The van der Waals surface area contributed by atoms with Gasteiger partial charge < -0.3 is 10.2 Å². The Morgan fingerprint density at radius 1 is 1.06 bits per heavy atom. The van der Waals surface area contributed by atoms with E-state index >= 15 is 0 Å². The third kappa shape index (κ3) is 7.18. The summed E-state index contributed by atoms with van der Waals surface area (Å²) in [5, 5.41) is 3.30. The lowest BCUT2D eigenvalue weighted by molar-refractivity contribution is -0.139. The molecule has 180 valence electrons. The van der Waals surface area contributed by atoms with Crippen LogP contribution >= 0.6 is 11.6 Å². The number of para-hydroxylation sites is 1. The summed E-state index contributed by atoms with van der Waals surface area (Å²) in [5.74, 6) is -0.822. The lowest BCUT2D eigenvalue weighted by atomic mass is 10.1. The summed E-state index contributed by atoms with van der Waals surface area (Å²) in [7, 11) is -1.16. The van der Waals surface area contributed by atoms with E-state index in [9.17, 15) is 18.0 Å². The molecule has 2 amide bonds. The van der Waals surface area contributed by atoms with Crippen LogP contribution in [0.1, 0.15) is 25.8 Å². The van der Waals surface area contributed by atoms with Gasteiger partial charge in [-0.05, 0) is 43.2 Å². The zero-order valence-corrected chi connectivity index (χ0v) is 20.9. The molecule has 0 aliphatic heterocycles. The van der Waals surface area contributed by atoms with Crippen molar-refractivity contribution in [3.05, 3.63) is 65.2 Å². The number of anilines is 1. The maximum Gasteiger partial charge on any atom is 0.304 e. The molecule has 0 aromatic heterocycles. The van der Waals surface area contributed by atoms with Crippen LogP contribution in [0.15, 0.2) is 54.6 Å². The van der Waals surface area contributed by atoms with Gasteiger partial charge in [0, 0.05) is 32.2 Å². The smallest absolute Gasteiger partial charge is 0.304 e. The molecule has 2 aromatic rings. The molecule has 0 aliphatic rings. The van der Waals surface area contributed by atoms with Gasteiger partial charge in [-0.1, -0.05) is 48.9 Å². The molecule has 2 rings (SSSR count). The van der Waals surface area contributed by atoms with Crippen LogP contribution in [0.25, 0.3) is 0 Å². The number of carbonyl (C=O) groups is 2. The van der Waals surface area contributed by atoms with Crippen molar-refractivity contribution in [1.29, 1.82) is 0 Å². The van der Waals surface area contributed by atoms with E-state index in [1.54, 1.807) is 61.5 Å². The molecule has 10 heteroatoms. The van der Waals surface area contributed by atoms with E-state index in [0.717, 1.165) is 20.6 Å². The van der Waals surface area contributed by atoms with Gasteiger partial charge in [0.2, 0.25) is 11.8 Å². The number of nitrogens with zero attached hydrogens (tertiary/aromatic N) is 3. The number of carbonyl (C=O) groups excluding carboxylic acids is 2. The fourth-order valence-corrected chi connectivity index (χ4v) is 4.39. The molecule has 0 fully saturated rings. The average molecular weight is 495 g/mol. The Morgan fingerprint density at radius 3 is 2.30 bits per heavy atom. The zero-order chi connectivity index (χ0) is 24.6. The van der Waals surface area contributed by atoms with E-state index in [4.69, 9.17) is 11.6 Å². The molecular weight excluding hydrogens is 464 g/mol. The molecular formula is C23H31ClN4O4S. The van der Waals surface area contributed by atoms with Gasteiger partial charge in [-0.2, -0.15) is 12.7 Å². The minimum atomic E-state index is -3.96. The maximum atomic E-state index is 13.5. The first kappa shape index (κ1) is 26.6. The van der Waals surface area contributed by atoms with E-state index in [1.165, 1.54) is 19.0 Å². The van der Waals surface area contributed by atoms with Crippen LogP contribution in [0.4, 0.5) is 5.69 Å². The van der Waals surface area contributed by atoms with Gasteiger partial charge in [-0.3, -0.25) is 9.59 Å². The van der Waals surface area contributed by atoms with Crippen LogP contribution < -0.4 is 9.62 Å². The highest BCUT2D eigenvalue weighted by Gasteiger charge is 2.32. The highest BCUT2D eigenvalue weighted by atomic mass is 35.5. The van der Waals surface area contributed by atoms with E-state index in [1.807, 2.05) is 6.92 Å². The predicted octanol–water partition coefficient (Wildman–Crippen LogP) is 2.90. The van der Waals surface area contributed by atoms with Crippen molar-refractivity contribution in [2.24, 2.45) is 0 Å². The van der Waals surface area contributed by atoms with Crippen molar-refractivity contribution >= 4 is 39.3 Å². The van der Waals surface area contributed by atoms with Crippen LogP contribution in [0.2, 0.25) is 5.02 Å². The lowest BCUT2D eigenvalue weighted by Crippen LogP contribution is -2.52. The summed E-state index contributed by atoms with van der Waals surface area (Å²) in [6, 6.07) is 14.6. The molecule has 2 aromatic carbocycles. The van der Waals surface area contributed by atoms with Crippen LogP contribution in [0.3, 0.4) is 0 Å². The van der Waals surface area contributed by atoms with Gasteiger partial charge in [0.25, 0.3) is 0 Å². The molecule has 0 saturated heterocycles. The number of benzene rings is 2. The van der Waals surface area contributed by atoms with Gasteiger partial charge in [0.15, 0.2) is 0 Å². The number of rotatable bonds is 11. The number of hydrogen-bond donors (Lipinski definition) is 1. The molecule has 0 saturated carbocycles. The quantitative estimate of drug-likeness (QED) is 0.520. The van der Waals surface area contributed by atoms with Gasteiger partial charge in [0.1, 0.15) is 12.6 Å². The van der Waals surface area contributed by atoms with Crippen LogP contribution in [-0.2, 0) is 26.3 Å². The SMILES string of the molecule is CCCNC(=O)[C@H](C)N(Cc1cccc(Cl)c1)C(=O)CN(c1ccccc1)S(=O)(=O)N(C)C. The minimum absolute atomic E-state index is 0.102. The molecule has 8 nitrogen and oxygen atoms in total. The minimum Gasteiger partial charge on any atom is -0.354 e. The molecule has 0 aliphatic carbocycles. The van der Waals surface area contributed by atoms with Crippen LogP contribution in [-0.4, -0.2) is 62.7 Å². The molecule has 0 radical (unpaired) electrons. The van der Waals surface area contributed by atoms with E-state index in [0.29, 0.717) is 17.3 Å². The Labute approximate surface area is 201 Å². The zero-order valence-electron chi connectivity index (χ0n) is 19.4. The van der Waals surface area contributed by atoms with Gasteiger partial charge in [-0.15, -0.1) is 0 Å². The summed E-state index contributed by atoms with van der Waals surface area (Å²) in [5.41, 5.74) is 1.08. The number of hydrogen-bond acceptors (Lipinski definition) is 4. The van der Waals surface area contributed by atoms with E-state index < -0.39 is 28.7 Å². The normalized spacial score (nSPS) is 12.3. The van der Waals surface area contributed by atoms with Crippen molar-refractivity contribution in [3.8, 4) is 0 Å². The maximum absolute atomic E-state index is 13.5. The van der Waals surface area contributed by atoms with Crippen molar-refractivity contribution in [3.63, 3.8) is 0 Å². The molecule has 0 unspecified atom stereocenters. The van der Waals surface area contributed by atoms with Gasteiger partial charge in [-0.25, -0.2) is 4.31 Å². The Morgan fingerprint density at radius 2 is 1.73 bits per heavy atom. The lowest BCUT2D eigenvalue weighted by Gasteiger charge is -2.32. The largest absolute Gasteiger partial charge is 0.354 e. The summed E-state index contributed by atoms with van der Waals surface area (Å²) in [4.78, 5) is 27.6. The third-order valence-electron chi connectivity index (χ3n) is 5.02. The fourth-order valence-electron chi connectivity index (χ4n) is 3.12. The predicted molar refractivity (Wildman–Crippen MR) is 131 cm³/mol. The monoisotopic (exact) mass is 494 g/mol. The second-order valence-electron chi connectivity index (χ2n) is 7.75. The Kier molecular flexibility index (Phi) is 9.70. The number of amides is 2. The number of nitrogens with one attached hydrogen (secondary N) is 1. The van der Waals surface area contributed by atoms with Crippen molar-refractivity contribution < 1.29 is 18.0 Å². The Bertz CT molecular complexity index is 1050. The van der Waals surface area contributed by atoms with E-state index in [-0.39, 0.29) is 12.5 Å². The van der Waals surface area contributed by atoms with Gasteiger partial charge in [0.05, 0.1) is 5.69 Å². The van der Waals surface area contributed by atoms with Crippen molar-refractivity contribution in [2.45, 2.75) is 32.9 Å². The Hall–Kier alpha value is -2.62. The number of halogens is 1. The first-order chi connectivity index (χ1) is 15.6. The second-order valence-corrected chi connectivity index (χ2v) is 10.3. The summed E-state index contributed by atoms with van der Waals surface area (Å²) in [6.45, 7) is 3.68. The van der Waals surface area contributed by atoms with Crippen LogP contribution in [0, 0.1) is 0 Å². The molecule has 1 atom stereocenters. The molecule has 1 N–H and O–H groups in total. The molecule has 0 heterocycles. The van der Waals surface area contributed by atoms with Gasteiger partial charge >= 0.3 is 10.2 Å². The van der Waals surface area contributed by atoms with E-state index in [2.05, 4.69) is 5.32 Å².